The molecule has 1 rings (SSSR count). The van der Waals surface area contributed by atoms with E-state index in [1.54, 1.807) is 17.8 Å². The summed E-state index contributed by atoms with van der Waals surface area (Å²) in [7, 11) is 0. The standard InChI is InChI=1S/C11H12ClNS/c1-8(2)7-14-10-4-3-9(6-13)11(12)5-10/h3-5,8H,7H2,1-2H3. The van der Waals surface area contributed by atoms with Crippen LogP contribution in [0.25, 0.3) is 0 Å². The SMILES string of the molecule is CC(C)CSc1ccc(C#N)c(Cl)c1. The Morgan fingerprint density at radius 2 is 2.21 bits per heavy atom. The lowest BCUT2D eigenvalue weighted by Crippen LogP contribution is -1.90. The first kappa shape index (κ1) is 11.4. The molecule has 0 saturated carbocycles. The number of benzene rings is 1. The Morgan fingerprint density at radius 3 is 2.71 bits per heavy atom. The lowest BCUT2D eigenvalue weighted by Gasteiger charge is -2.05. The van der Waals surface area contributed by atoms with Gasteiger partial charge in [-0.1, -0.05) is 25.4 Å². The van der Waals surface area contributed by atoms with E-state index in [4.69, 9.17) is 16.9 Å². The Labute approximate surface area is 94.1 Å². The Kier molecular flexibility index (Phi) is 4.31. The molecule has 0 heterocycles. The molecule has 0 N–H and O–H groups in total. The Balaban J connectivity index is 2.73. The summed E-state index contributed by atoms with van der Waals surface area (Å²) in [5.41, 5.74) is 0.542. The van der Waals surface area contributed by atoms with Gasteiger partial charge in [-0.3, -0.25) is 0 Å². The molecule has 0 aliphatic carbocycles. The molecule has 0 aliphatic rings. The van der Waals surface area contributed by atoms with E-state index in [0.717, 1.165) is 10.6 Å². The van der Waals surface area contributed by atoms with E-state index in [0.29, 0.717) is 16.5 Å². The van der Waals surface area contributed by atoms with Crippen LogP contribution in [0.5, 0.6) is 0 Å². The molecule has 3 heteroatoms. The summed E-state index contributed by atoms with van der Waals surface area (Å²) in [5.74, 6) is 1.73. The molecular formula is C11H12ClNS. The van der Waals surface area contributed by atoms with E-state index in [1.165, 1.54) is 0 Å². The molecule has 0 fully saturated rings. The third-order valence-corrected chi connectivity index (χ3v) is 3.38. The Morgan fingerprint density at radius 1 is 1.50 bits per heavy atom. The van der Waals surface area contributed by atoms with E-state index in [2.05, 4.69) is 13.8 Å². The largest absolute Gasteiger partial charge is 0.192 e. The highest BCUT2D eigenvalue weighted by molar-refractivity contribution is 7.99. The van der Waals surface area contributed by atoms with Gasteiger partial charge in [0.1, 0.15) is 6.07 Å². The molecule has 14 heavy (non-hydrogen) atoms. The van der Waals surface area contributed by atoms with Crippen molar-refractivity contribution in [2.45, 2.75) is 18.7 Å². The quantitative estimate of drug-likeness (QED) is 0.728. The van der Waals surface area contributed by atoms with Gasteiger partial charge < -0.3 is 0 Å². The highest BCUT2D eigenvalue weighted by Gasteiger charge is 2.02. The highest BCUT2D eigenvalue weighted by Crippen LogP contribution is 2.25. The van der Waals surface area contributed by atoms with Crippen molar-refractivity contribution in [2.24, 2.45) is 5.92 Å². The van der Waals surface area contributed by atoms with Gasteiger partial charge in [-0.15, -0.1) is 11.8 Å². The summed E-state index contributed by atoms with van der Waals surface area (Å²) >= 11 is 7.68. The van der Waals surface area contributed by atoms with Crippen LogP contribution < -0.4 is 0 Å². The minimum Gasteiger partial charge on any atom is -0.192 e. The molecule has 1 aromatic rings. The molecule has 0 spiro atoms. The van der Waals surface area contributed by atoms with Crippen LogP contribution in [-0.4, -0.2) is 5.75 Å². The maximum absolute atomic E-state index is 8.69. The van der Waals surface area contributed by atoms with E-state index in [9.17, 15) is 0 Å². The van der Waals surface area contributed by atoms with Crippen LogP contribution in [0.15, 0.2) is 23.1 Å². The van der Waals surface area contributed by atoms with Gasteiger partial charge in [-0.25, -0.2) is 0 Å². The van der Waals surface area contributed by atoms with Crippen molar-refractivity contribution >= 4 is 23.4 Å². The number of hydrogen-bond acceptors (Lipinski definition) is 2. The normalized spacial score (nSPS) is 10.2. The predicted octanol–water partition coefficient (Wildman–Crippen LogP) is 3.96. The fourth-order valence-electron chi connectivity index (χ4n) is 0.939. The smallest absolute Gasteiger partial charge is 0.101 e. The fraction of sp³-hybridized carbons (Fsp3) is 0.364. The number of nitrogens with zero attached hydrogens (tertiary/aromatic N) is 1. The van der Waals surface area contributed by atoms with Gasteiger partial charge in [0, 0.05) is 10.6 Å². The molecular weight excluding hydrogens is 214 g/mol. The van der Waals surface area contributed by atoms with E-state index in [1.807, 2.05) is 18.2 Å². The summed E-state index contributed by atoms with van der Waals surface area (Å²) in [4.78, 5) is 1.13. The topological polar surface area (TPSA) is 23.8 Å². The molecule has 0 amide bonds. The summed E-state index contributed by atoms with van der Waals surface area (Å²) in [6.45, 7) is 4.36. The highest BCUT2D eigenvalue weighted by atomic mass is 35.5. The van der Waals surface area contributed by atoms with Gasteiger partial charge in [0.05, 0.1) is 10.6 Å². The number of thioether (sulfide) groups is 1. The van der Waals surface area contributed by atoms with Crippen molar-refractivity contribution in [1.29, 1.82) is 5.26 Å². The minimum absolute atomic E-state index is 0.542. The van der Waals surface area contributed by atoms with Crippen LogP contribution in [0, 0.1) is 17.2 Å². The maximum atomic E-state index is 8.69. The van der Waals surface area contributed by atoms with E-state index >= 15 is 0 Å². The molecule has 1 nitrogen and oxygen atoms in total. The van der Waals surface area contributed by atoms with Gasteiger partial charge >= 0.3 is 0 Å². The lowest BCUT2D eigenvalue weighted by molar-refractivity contribution is 0.750. The molecule has 0 aromatic heterocycles. The van der Waals surface area contributed by atoms with E-state index < -0.39 is 0 Å². The first-order chi connectivity index (χ1) is 6.63. The number of nitriles is 1. The summed E-state index contributed by atoms with van der Waals surface area (Å²) in [5, 5.41) is 9.23. The van der Waals surface area contributed by atoms with Gasteiger partial charge in [0.25, 0.3) is 0 Å². The van der Waals surface area contributed by atoms with Crippen molar-refractivity contribution in [2.75, 3.05) is 5.75 Å². The predicted molar refractivity (Wildman–Crippen MR) is 61.7 cm³/mol. The fourth-order valence-corrected chi connectivity index (χ4v) is 2.12. The molecule has 0 saturated heterocycles. The summed E-state index contributed by atoms with van der Waals surface area (Å²) in [6, 6.07) is 7.61. The van der Waals surface area contributed by atoms with Crippen molar-refractivity contribution < 1.29 is 0 Å². The monoisotopic (exact) mass is 225 g/mol. The average molecular weight is 226 g/mol. The molecule has 0 bridgehead atoms. The van der Waals surface area contributed by atoms with Crippen molar-refractivity contribution in [1.82, 2.24) is 0 Å². The Hall–Kier alpha value is -0.650. The van der Waals surface area contributed by atoms with E-state index in [-0.39, 0.29) is 0 Å². The zero-order valence-electron chi connectivity index (χ0n) is 8.25. The van der Waals surface area contributed by atoms with Gasteiger partial charge in [0.2, 0.25) is 0 Å². The summed E-state index contributed by atoms with van der Waals surface area (Å²) in [6.07, 6.45) is 0. The molecule has 0 atom stereocenters. The second-order valence-corrected chi connectivity index (χ2v) is 4.96. The first-order valence-corrected chi connectivity index (χ1v) is 5.82. The van der Waals surface area contributed by atoms with Crippen LogP contribution in [0.3, 0.4) is 0 Å². The van der Waals surface area contributed by atoms with Crippen molar-refractivity contribution in [3.63, 3.8) is 0 Å². The molecule has 1 aromatic carbocycles. The number of halogens is 1. The number of rotatable bonds is 3. The summed E-state index contributed by atoms with van der Waals surface area (Å²) < 4.78 is 0. The molecule has 0 unspecified atom stereocenters. The molecule has 0 aliphatic heterocycles. The first-order valence-electron chi connectivity index (χ1n) is 4.46. The second kappa shape index (κ2) is 5.29. The van der Waals surface area contributed by atoms with Crippen LogP contribution in [0.4, 0.5) is 0 Å². The van der Waals surface area contributed by atoms with Gasteiger partial charge in [-0.2, -0.15) is 5.26 Å². The van der Waals surface area contributed by atoms with Crippen LogP contribution in [0.2, 0.25) is 5.02 Å². The lowest BCUT2D eigenvalue weighted by atomic mass is 10.2. The van der Waals surface area contributed by atoms with Gasteiger partial charge in [0.15, 0.2) is 0 Å². The van der Waals surface area contributed by atoms with Crippen LogP contribution in [-0.2, 0) is 0 Å². The van der Waals surface area contributed by atoms with Gasteiger partial charge in [-0.05, 0) is 24.1 Å². The third-order valence-electron chi connectivity index (χ3n) is 1.64. The van der Waals surface area contributed by atoms with Crippen molar-refractivity contribution in [3.8, 4) is 6.07 Å². The zero-order chi connectivity index (χ0) is 10.6. The number of hydrogen-bond donors (Lipinski definition) is 0. The Bertz CT molecular complexity index is 355. The van der Waals surface area contributed by atoms with Crippen LogP contribution in [0.1, 0.15) is 19.4 Å². The zero-order valence-corrected chi connectivity index (χ0v) is 9.82. The molecule has 74 valence electrons. The van der Waals surface area contributed by atoms with Crippen LogP contribution >= 0.6 is 23.4 Å². The second-order valence-electron chi connectivity index (χ2n) is 3.46. The average Bonchev–Trinajstić information content (AvgIpc) is 2.15. The van der Waals surface area contributed by atoms with Crippen molar-refractivity contribution in [3.05, 3.63) is 28.8 Å². The maximum Gasteiger partial charge on any atom is 0.101 e. The molecule has 0 radical (unpaired) electrons. The third kappa shape index (κ3) is 3.25. The minimum atomic E-state index is 0.542.